The van der Waals surface area contributed by atoms with Gasteiger partial charge in [0, 0.05) is 19.2 Å². The Hall–Kier alpha value is -4.45. The van der Waals surface area contributed by atoms with Crippen molar-refractivity contribution in [3.05, 3.63) is 83.3 Å². The third-order valence-electron chi connectivity index (χ3n) is 4.26. The molecule has 3 N–H and O–H groups in total. The molecule has 0 aliphatic carbocycles. The molecular weight excluding hydrogens is 396 g/mol. The number of hydrogen-bond donors (Lipinski definition) is 3. The number of methoxy groups -OCH3 is 1. The standard InChI is InChI=1S/C22H20N6O3/c1-31-18-4-2-3-17(9-18)13-25-22(30)28-20-10-19(26-14-27-20)21(29)24-12-16-7-5-15(11-23)6-8-16/h2-10,14H,12-13H2,1H3,(H,24,29)(H2,25,26,27,28,30). The lowest BCUT2D eigenvalue weighted by Crippen LogP contribution is -2.29. The fourth-order valence-corrected chi connectivity index (χ4v) is 2.65. The molecule has 9 heteroatoms. The molecule has 3 amide bonds. The van der Waals surface area contributed by atoms with Gasteiger partial charge in [0.25, 0.3) is 5.91 Å². The van der Waals surface area contributed by atoms with E-state index < -0.39 is 11.9 Å². The molecule has 31 heavy (non-hydrogen) atoms. The number of urea groups is 1. The van der Waals surface area contributed by atoms with Gasteiger partial charge in [-0.2, -0.15) is 5.26 Å². The number of aromatic nitrogens is 2. The fraction of sp³-hybridized carbons (Fsp3) is 0.136. The van der Waals surface area contributed by atoms with Crippen LogP contribution >= 0.6 is 0 Å². The number of rotatable bonds is 7. The van der Waals surface area contributed by atoms with Crippen LogP contribution in [0.25, 0.3) is 0 Å². The summed E-state index contributed by atoms with van der Waals surface area (Å²) in [5.74, 6) is 0.487. The Morgan fingerprint density at radius 2 is 1.77 bits per heavy atom. The smallest absolute Gasteiger partial charge is 0.320 e. The van der Waals surface area contributed by atoms with Crippen LogP contribution in [0.5, 0.6) is 5.75 Å². The summed E-state index contributed by atoms with van der Waals surface area (Å²) in [5, 5.41) is 16.9. The number of nitriles is 1. The third-order valence-corrected chi connectivity index (χ3v) is 4.26. The number of carbonyl (C=O) groups excluding carboxylic acids is 2. The average molecular weight is 416 g/mol. The third kappa shape index (κ3) is 6.27. The molecule has 0 atom stereocenters. The molecule has 3 aromatic rings. The van der Waals surface area contributed by atoms with Gasteiger partial charge in [-0.15, -0.1) is 0 Å². The topological polar surface area (TPSA) is 129 Å². The molecule has 1 aromatic heterocycles. The molecule has 0 fully saturated rings. The number of ether oxygens (including phenoxy) is 1. The van der Waals surface area contributed by atoms with Crippen LogP contribution < -0.4 is 20.7 Å². The summed E-state index contributed by atoms with van der Waals surface area (Å²) in [6.45, 7) is 0.574. The zero-order valence-electron chi connectivity index (χ0n) is 16.8. The lowest BCUT2D eigenvalue weighted by Gasteiger charge is -2.09. The molecule has 156 valence electrons. The highest BCUT2D eigenvalue weighted by Crippen LogP contribution is 2.12. The number of benzene rings is 2. The average Bonchev–Trinajstić information content (AvgIpc) is 2.82. The van der Waals surface area contributed by atoms with Crippen LogP contribution in [0.2, 0.25) is 0 Å². The van der Waals surface area contributed by atoms with Gasteiger partial charge in [-0.25, -0.2) is 14.8 Å². The van der Waals surface area contributed by atoms with Gasteiger partial charge in [0.15, 0.2) is 0 Å². The van der Waals surface area contributed by atoms with Crippen LogP contribution in [-0.2, 0) is 13.1 Å². The van der Waals surface area contributed by atoms with Gasteiger partial charge in [-0.05, 0) is 35.4 Å². The SMILES string of the molecule is COc1cccc(CNC(=O)Nc2cc(C(=O)NCc3ccc(C#N)cc3)ncn2)c1. The highest BCUT2D eigenvalue weighted by molar-refractivity contribution is 5.94. The van der Waals surface area contributed by atoms with Crippen molar-refractivity contribution >= 4 is 17.8 Å². The number of anilines is 1. The van der Waals surface area contributed by atoms with E-state index in [1.807, 2.05) is 30.3 Å². The molecular formula is C22H20N6O3. The van der Waals surface area contributed by atoms with Crippen LogP contribution in [0.3, 0.4) is 0 Å². The van der Waals surface area contributed by atoms with Crippen molar-refractivity contribution < 1.29 is 14.3 Å². The van der Waals surface area contributed by atoms with Gasteiger partial charge in [0.2, 0.25) is 0 Å². The van der Waals surface area contributed by atoms with Crippen LogP contribution in [0, 0.1) is 11.3 Å². The Balaban J connectivity index is 1.53. The lowest BCUT2D eigenvalue weighted by atomic mass is 10.1. The van der Waals surface area contributed by atoms with E-state index in [1.165, 1.54) is 12.4 Å². The first-order valence-corrected chi connectivity index (χ1v) is 9.34. The first-order valence-electron chi connectivity index (χ1n) is 9.34. The zero-order valence-corrected chi connectivity index (χ0v) is 16.8. The van der Waals surface area contributed by atoms with Gasteiger partial charge in [0.05, 0.1) is 18.7 Å². The Labute approximate surface area is 179 Å². The molecule has 0 unspecified atom stereocenters. The van der Waals surface area contributed by atoms with Crippen molar-refractivity contribution in [1.82, 2.24) is 20.6 Å². The fourth-order valence-electron chi connectivity index (χ4n) is 2.65. The van der Waals surface area contributed by atoms with Crippen LogP contribution in [0.1, 0.15) is 27.2 Å². The molecule has 1 heterocycles. The molecule has 9 nitrogen and oxygen atoms in total. The van der Waals surface area contributed by atoms with Gasteiger partial charge in [-0.1, -0.05) is 24.3 Å². The Bertz CT molecular complexity index is 1110. The Morgan fingerprint density at radius 3 is 2.52 bits per heavy atom. The monoisotopic (exact) mass is 416 g/mol. The summed E-state index contributed by atoms with van der Waals surface area (Å²) < 4.78 is 5.16. The van der Waals surface area contributed by atoms with E-state index in [1.54, 1.807) is 31.4 Å². The van der Waals surface area contributed by atoms with Crippen LogP contribution in [-0.4, -0.2) is 29.0 Å². The number of amides is 3. The Kier molecular flexibility index (Phi) is 7.11. The maximum Gasteiger partial charge on any atom is 0.320 e. The first kappa shape index (κ1) is 21.3. The molecule has 3 rings (SSSR count). The first-order chi connectivity index (χ1) is 15.1. The normalized spacial score (nSPS) is 9.94. The summed E-state index contributed by atoms with van der Waals surface area (Å²) >= 11 is 0. The maximum atomic E-state index is 12.4. The van der Waals surface area contributed by atoms with Gasteiger partial charge >= 0.3 is 6.03 Å². The number of nitrogens with one attached hydrogen (secondary N) is 3. The van der Waals surface area contributed by atoms with E-state index in [-0.39, 0.29) is 18.1 Å². The minimum atomic E-state index is -0.467. The largest absolute Gasteiger partial charge is 0.497 e. The summed E-state index contributed by atoms with van der Waals surface area (Å²) in [7, 11) is 1.58. The predicted octanol–water partition coefficient (Wildman–Crippen LogP) is 2.61. The van der Waals surface area contributed by atoms with Crippen LogP contribution in [0.15, 0.2) is 60.9 Å². The second-order valence-electron chi connectivity index (χ2n) is 6.44. The minimum absolute atomic E-state index is 0.117. The second-order valence-corrected chi connectivity index (χ2v) is 6.44. The summed E-state index contributed by atoms with van der Waals surface area (Å²) in [5.41, 5.74) is 2.38. The van der Waals surface area contributed by atoms with Gasteiger partial charge < -0.3 is 15.4 Å². The van der Waals surface area contributed by atoms with E-state index >= 15 is 0 Å². The van der Waals surface area contributed by atoms with E-state index in [4.69, 9.17) is 10.00 Å². The van der Waals surface area contributed by atoms with Crippen LogP contribution in [0.4, 0.5) is 10.6 Å². The minimum Gasteiger partial charge on any atom is -0.497 e. The quantitative estimate of drug-likeness (QED) is 0.543. The van der Waals surface area contributed by atoms with Crippen molar-refractivity contribution in [2.24, 2.45) is 0 Å². The summed E-state index contributed by atoms with van der Waals surface area (Å²) in [4.78, 5) is 32.4. The van der Waals surface area contributed by atoms with Crippen molar-refractivity contribution in [2.75, 3.05) is 12.4 Å². The van der Waals surface area contributed by atoms with E-state index in [9.17, 15) is 9.59 Å². The maximum absolute atomic E-state index is 12.4. The molecule has 2 aromatic carbocycles. The van der Waals surface area contributed by atoms with E-state index in [2.05, 4.69) is 25.9 Å². The van der Waals surface area contributed by atoms with Crippen molar-refractivity contribution in [3.8, 4) is 11.8 Å². The number of hydrogen-bond acceptors (Lipinski definition) is 6. The summed E-state index contributed by atoms with van der Waals surface area (Å²) in [6.07, 6.45) is 1.20. The van der Waals surface area contributed by atoms with Crippen molar-refractivity contribution in [2.45, 2.75) is 13.1 Å². The predicted molar refractivity (Wildman–Crippen MR) is 113 cm³/mol. The molecule has 0 radical (unpaired) electrons. The van der Waals surface area contributed by atoms with Crippen molar-refractivity contribution in [3.63, 3.8) is 0 Å². The molecule has 0 saturated heterocycles. The van der Waals surface area contributed by atoms with E-state index in [0.29, 0.717) is 17.9 Å². The number of nitrogens with zero attached hydrogens (tertiary/aromatic N) is 3. The zero-order chi connectivity index (χ0) is 22.1. The molecule has 0 aliphatic heterocycles. The van der Waals surface area contributed by atoms with E-state index in [0.717, 1.165) is 11.1 Å². The molecule has 0 spiro atoms. The highest BCUT2D eigenvalue weighted by Gasteiger charge is 2.10. The van der Waals surface area contributed by atoms with Gasteiger partial charge in [0.1, 0.15) is 23.6 Å². The summed E-state index contributed by atoms with van der Waals surface area (Å²) in [6, 6.07) is 17.2. The molecule has 0 bridgehead atoms. The lowest BCUT2D eigenvalue weighted by molar-refractivity contribution is 0.0945. The number of carbonyl (C=O) groups is 2. The molecule has 0 aliphatic rings. The second kappa shape index (κ2) is 10.4. The van der Waals surface area contributed by atoms with Crippen molar-refractivity contribution in [1.29, 1.82) is 5.26 Å². The highest BCUT2D eigenvalue weighted by atomic mass is 16.5. The van der Waals surface area contributed by atoms with Gasteiger partial charge in [-0.3, -0.25) is 10.1 Å². The molecule has 0 saturated carbocycles. The Morgan fingerprint density at radius 1 is 1.00 bits per heavy atom.